The average molecular weight is 356 g/mol. The molecule has 0 amide bonds. The van der Waals surface area contributed by atoms with E-state index in [0.29, 0.717) is 6.42 Å². The first-order valence-electron chi connectivity index (χ1n) is 9.36. The standard InChI is InChI=1S/C24H20O3/c1-26-17-8-4-7-16(14-17)22-23-18-9-3-2-6-15(18)12-13-21(23)27-20-11-5-10-19(25)24(20)22/h2-4,6-9,12-14,22H,5,10-11H2,1H3. The van der Waals surface area contributed by atoms with Crippen LogP contribution in [0.4, 0.5) is 0 Å². The number of carbonyl (C=O) groups is 1. The minimum Gasteiger partial charge on any atom is -0.497 e. The van der Waals surface area contributed by atoms with Crippen LogP contribution < -0.4 is 9.47 Å². The monoisotopic (exact) mass is 356 g/mol. The average Bonchev–Trinajstić information content (AvgIpc) is 2.72. The molecule has 0 fully saturated rings. The molecule has 5 rings (SSSR count). The van der Waals surface area contributed by atoms with Crippen molar-refractivity contribution in [2.45, 2.75) is 25.2 Å². The summed E-state index contributed by atoms with van der Waals surface area (Å²) < 4.78 is 11.7. The van der Waals surface area contributed by atoms with Gasteiger partial charge in [0.1, 0.15) is 17.3 Å². The zero-order chi connectivity index (χ0) is 18.4. The highest BCUT2D eigenvalue weighted by molar-refractivity contribution is 6.01. The van der Waals surface area contributed by atoms with Gasteiger partial charge < -0.3 is 9.47 Å². The molecule has 1 aliphatic heterocycles. The van der Waals surface area contributed by atoms with Crippen molar-refractivity contribution in [3.63, 3.8) is 0 Å². The highest BCUT2D eigenvalue weighted by Crippen LogP contribution is 2.49. The smallest absolute Gasteiger partial charge is 0.163 e. The lowest BCUT2D eigenvalue weighted by molar-refractivity contribution is -0.116. The van der Waals surface area contributed by atoms with E-state index in [0.717, 1.165) is 57.6 Å². The second kappa shape index (κ2) is 6.27. The Labute approximate surface area is 158 Å². The van der Waals surface area contributed by atoms with Gasteiger partial charge in [-0.1, -0.05) is 42.5 Å². The van der Waals surface area contributed by atoms with Crippen LogP contribution >= 0.6 is 0 Å². The molecule has 1 unspecified atom stereocenters. The van der Waals surface area contributed by atoms with Gasteiger partial charge in [-0.3, -0.25) is 4.79 Å². The Kier molecular flexibility index (Phi) is 3.75. The number of hydrogen-bond acceptors (Lipinski definition) is 3. The van der Waals surface area contributed by atoms with Gasteiger partial charge in [0.05, 0.1) is 7.11 Å². The number of rotatable bonds is 2. The minimum atomic E-state index is -0.127. The number of methoxy groups -OCH3 is 1. The van der Waals surface area contributed by atoms with Gasteiger partial charge in [0.2, 0.25) is 0 Å². The summed E-state index contributed by atoms with van der Waals surface area (Å²) in [4.78, 5) is 12.9. The van der Waals surface area contributed by atoms with Crippen molar-refractivity contribution in [3.8, 4) is 11.5 Å². The van der Waals surface area contributed by atoms with E-state index in [2.05, 4.69) is 24.3 Å². The number of hydrogen-bond donors (Lipinski definition) is 0. The molecule has 0 radical (unpaired) electrons. The number of ether oxygens (including phenoxy) is 2. The third-order valence-electron chi connectivity index (χ3n) is 5.58. The van der Waals surface area contributed by atoms with Crippen LogP contribution in [0.3, 0.4) is 0 Å². The van der Waals surface area contributed by atoms with E-state index in [1.807, 2.05) is 36.4 Å². The number of carbonyl (C=O) groups excluding carboxylic acids is 1. The fraction of sp³-hybridized carbons (Fsp3) is 0.208. The van der Waals surface area contributed by atoms with Crippen LogP contribution in [0, 0.1) is 0 Å². The maximum atomic E-state index is 12.9. The van der Waals surface area contributed by atoms with E-state index in [4.69, 9.17) is 9.47 Å². The number of ketones is 1. The van der Waals surface area contributed by atoms with Crippen LogP contribution in [0.1, 0.15) is 36.3 Å². The Hall–Kier alpha value is -3.07. The third kappa shape index (κ3) is 2.54. The highest BCUT2D eigenvalue weighted by atomic mass is 16.5. The lowest BCUT2D eigenvalue weighted by atomic mass is 9.75. The maximum Gasteiger partial charge on any atom is 0.163 e. The Morgan fingerprint density at radius 2 is 1.89 bits per heavy atom. The first kappa shape index (κ1) is 16.1. The van der Waals surface area contributed by atoms with E-state index < -0.39 is 0 Å². The largest absolute Gasteiger partial charge is 0.497 e. The molecule has 134 valence electrons. The van der Waals surface area contributed by atoms with Crippen LogP contribution in [0.5, 0.6) is 11.5 Å². The molecular weight excluding hydrogens is 336 g/mol. The first-order chi connectivity index (χ1) is 13.3. The fourth-order valence-corrected chi connectivity index (χ4v) is 4.36. The van der Waals surface area contributed by atoms with Gasteiger partial charge >= 0.3 is 0 Å². The first-order valence-corrected chi connectivity index (χ1v) is 9.36. The van der Waals surface area contributed by atoms with E-state index >= 15 is 0 Å². The molecule has 0 spiro atoms. The Balaban J connectivity index is 1.83. The van der Waals surface area contributed by atoms with Crippen molar-refractivity contribution in [3.05, 3.63) is 83.1 Å². The van der Waals surface area contributed by atoms with Crippen molar-refractivity contribution in [2.75, 3.05) is 7.11 Å². The summed E-state index contributed by atoms with van der Waals surface area (Å²) in [6.07, 6.45) is 2.25. The molecule has 3 aromatic carbocycles. The van der Waals surface area contributed by atoms with Gasteiger partial charge in [-0.15, -0.1) is 0 Å². The molecule has 0 bridgehead atoms. The molecule has 0 N–H and O–H groups in total. The van der Waals surface area contributed by atoms with Crippen LogP contribution in [0.25, 0.3) is 10.8 Å². The molecular formula is C24H20O3. The van der Waals surface area contributed by atoms with Crippen molar-refractivity contribution in [1.82, 2.24) is 0 Å². The number of benzene rings is 3. The summed E-state index contributed by atoms with van der Waals surface area (Å²) in [7, 11) is 1.67. The van der Waals surface area contributed by atoms with E-state index in [-0.39, 0.29) is 11.7 Å². The molecule has 1 aliphatic carbocycles. The number of allylic oxidation sites excluding steroid dienone is 2. The summed E-state index contributed by atoms with van der Waals surface area (Å²) in [5.74, 6) is 2.56. The Morgan fingerprint density at radius 3 is 2.78 bits per heavy atom. The van der Waals surface area contributed by atoms with Gasteiger partial charge in [-0.05, 0) is 41.0 Å². The van der Waals surface area contributed by atoms with Crippen LogP contribution in [0.15, 0.2) is 72.0 Å². The quantitative estimate of drug-likeness (QED) is 0.618. The fourth-order valence-electron chi connectivity index (χ4n) is 4.36. The lowest BCUT2D eigenvalue weighted by Crippen LogP contribution is -2.25. The Morgan fingerprint density at radius 1 is 1.00 bits per heavy atom. The SMILES string of the molecule is COc1cccc(C2C3=C(CCCC3=O)Oc3ccc4ccccc4c32)c1. The van der Waals surface area contributed by atoms with Crippen LogP contribution in [-0.2, 0) is 4.79 Å². The second-order valence-corrected chi connectivity index (χ2v) is 7.12. The maximum absolute atomic E-state index is 12.9. The van der Waals surface area contributed by atoms with Gasteiger partial charge in [0.25, 0.3) is 0 Å². The summed E-state index contributed by atoms with van der Waals surface area (Å²) >= 11 is 0. The summed E-state index contributed by atoms with van der Waals surface area (Å²) in [5, 5.41) is 2.28. The van der Waals surface area contributed by atoms with E-state index in [1.165, 1.54) is 0 Å². The molecule has 2 aliphatic rings. The zero-order valence-corrected chi connectivity index (χ0v) is 15.2. The molecule has 27 heavy (non-hydrogen) atoms. The van der Waals surface area contributed by atoms with Gasteiger partial charge in [0.15, 0.2) is 5.78 Å². The van der Waals surface area contributed by atoms with Gasteiger partial charge in [-0.2, -0.15) is 0 Å². The normalized spacial score (nSPS) is 18.7. The molecule has 1 heterocycles. The summed E-state index contributed by atoms with van der Waals surface area (Å²) in [6, 6.07) is 20.5. The molecule has 0 aromatic heterocycles. The molecule has 0 saturated carbocycles. The van der Waals surface area contributed by atoms with E-state index in [1.54, 1.807) is 7.11 Å². The highest BCUT2D eigenvalue weighted by Gasteiger charge is 2.37. The van der Waals surface area contributed by atoms with Crippen molar-refractivity contribution in [1.29, 1.82) is 0 Å². The molecule has 0 saturated heterocycles. The van der Waals surface area contributed by atoms with Crippen LogP contribution in [0.2, 0.25) is 0 Å². The van der Waals surface area contributed by atoms with Crippen molar-refractivity contribution in [2.24, 2.45) is 0 Å². The Bertz CT molecular complexity index is 1090. The van der Waals surface area contributed by atoms with Crippen molar-refractivity contribution >= 4 is 16.6 Å². The van der Waals surface area contributed by atoms with Crippen molar-refractivity contribution < 1.29 is 14.3 Å². The van der Waals surface area contributed by atoms with Gasteiger partial charge in [0, 0.05) is 29.9 Å². The second-order valence-electron chi connectivity index (χ2n) is 7.12. The topological polar surface area (TPSA) is 35.5 Å². The summed E-state index contributed by atoms with van der Waals surface area (Å²) in [5.41, 5.74) is 2.96. The van der Waals surface area contributed by atoms with E-state index in [9.17, 15) is 4.79 Å². The third-order valence-corrected chi connectivity index (χ3v) is 5.58. The minimum absolute atomic E-state index is 0.127. The predicted molar refractivity (Wildman–Crippen MR) is 105 cm³/mol. The molecule has 1 atom stereocenters. The zero-order valence-electron chi connectivity index (χ0n) is 15.2. The number of fused-ring (bicyclic) bond motifs is 3. The van der Waals surface area contributed by atoms with Crippen LogP contribution in [-0.4, -0.2) is 12.9 Å². The lowest BCUT2D eigenvalue weighted by Gasteiger charge is -2.33. The number of Topliss-reactive ketones (excluding diaryl/α,β-unsaturated/α-hetero) is 1. The molecule has 3 nitrogen and oxygen atoms in total. The van der Waals surface area contributed by atoms with Gasteiger partial charge in [-0.25, -0.2) is 0 Å². The predicted octanol–water partition coefficient (Wildman–Crippen LogP) is 5.38. The summed E-state index contributed by atoms with van der Waals surface area (Å²) in [6.45, 7) is 0. The molecule has 3 aromatic rings. The molecule has 3 heteroatoms.